The number of piperazine rings is 1. The van der Waals surface area contributed by atoms with E-state index in [2.05, 4.69) is 4.72 Å². The van der Waals surface area contributed by atoms with Gasteiger partial charge in [-0.3, -0.25) is 9.59 Å². The Balaban J connectivity index is 1.65. The summed E-state index contributed by atoms with van der Waals surface area (Å²) in [5.74, 6) is -1.65. The van der Waals surface area contributed by atoms with Gasteiger partial charge in [0.25, 0.3) is 5.91 Å². The Bertz CT molecular complexity index is 878. The van der Waals surface area contributed by atoms with Crippen LogP contribution in [0.4, 0.5) is 4.39 Å². The van der Waals surface area contributed by atoms with E-state index < -0.39 is 32.9 Å². The van der Waals surface area contributed by atoms with Gasteiger partial charge in [-0.2, -0.15) is 4.72 Å². The van der Waals surface area contributed by atoms with Crippen LogP contribution in [0.25, 0.3) is 0 Å². The van der Waals surface area contributed by atoms with Gasteiger partial charge in [-0.15, -0.1) is 0 Å². The topological polar surface area (TPSA) is 96.0 Å². The zero-order chi connectivity index (χ0) is 21.9. The summed E-state index contributed by atoms with van der Waals surface area (Å²) in [7, 11) is -4.21. The van der Waals surface area contributed by atoms with Gasteiger partial charge in [0.05, 0.1) is 0 Å². The average Bonchev–Trinajstić information content (AvgIpc) is 3.26. The summed E-state index contributed by atoms with van der Waals surface area (Å²) < 4.78 is 47.1. The third-order valence-electron chi connectivity index (χ3n) is 5.45. The maximum Gasteiger partial charge on any atom is 0.251 e. The first-order valence-corrected chi connectivity index (χ1v) is 11.6. The van der Waals surface area contributed by atoms with Crippen LogP contribution in [0.1, 0.15) is 26.7 Å². The van der Waals surface area contributed by atoms with Crippen LogP contribution in [0.5, 0.6) is 0 Å². The second-order valence-corrected chi connectivity index (χ2v) is 9.61. The maximum atomic E-state index is 14.0. The monoisotopic (exact) mass is 441 g/mol. The Kier molecular flexibility index (Phi) is 7.10. The van der Waals surface area contributed by atoms with Gasteiger partial charge in [-0.05, 0) is 30.9 Å². The third kappa shape index (κ3) is 4.98. The van der Waals surface area contributed by atoms with Gasteiger partial charge in [-0.1, -0.05) is 26.0 Å². The minimum Gasteiger partial charge on any atom is -0.368 e. The molecule has 1 N–H and O–H groups in total. The highest BCUT2D eigenvalue weighted by Crippen LogP contribution is 2.19. The summed E-state index contributed by atoms with van der Waals surface area (Å²) in [4.78, 5) is 28.3. The van der Waals surface area contributed by atoms with Crippen molar-refractivity contribution in [1.29, 1.82) is 0 Å². The maximum absolute atomic E-state index is 14.0. The highest BCUT2D eigenvalue weighted by atomic mass is 32.2. The Morgan fingerprint density at radius 3 is 2.33 bits per heavy atom. The molecule has 2 amide bonds. The predicted molar refractivity (Wildman–Crippen MR) is 107 cm³/mol. The molecular weight excluding hydrogens is 413 g/mol. The van der Waals surface area contributed by atoms with E-state index >= 15 is 0 Å². The lowest BCUT2D eigenvalue weighted by Crippen LogP contribution is -2.58. The van der Waals surface area contributed by atoms with Crippen molar-refractivity contribution in [2.45, 2.75) is 43.7 Å². The first-order chi connectivity index (χ1) is 14.2. The SMILES string of the molecule is CC(C)[C@H](NS(=O)(=O)c1ccccc1F)C(=O)N1CCN(C(=O)C2CCCO2)CC1. The molecule has 2 atom stereocenters. The van der Waals surface area contributed by atoms with E-state index in [0.717, 1.165) is 18.6 Å². The van der Waals surface area contributed by atoms with E-state index in [1.54, 1.807) is 23.6 Å². The first-order valence-electron chi connectivity index (χ1n) is 10.2. The Hall–Kier alpha value is -2.04. The molecular formula is C20H28FN3O5S. The molecule has 0 aromatic heterocycles. The van der Waals surface area contributed by atoms with Crippen molar-refractivity contribution < 1.29 is 27.1 Å². The Morgan fingerprint density at radius 1 is 1.13 bits per heavy atom. The molecule has 3 rings (SSSR count). The second-order valence-electron chi connectivity index (χ2n) is 7.93. The lowest BCUT2D eigenvalue weighted by Gasteiger charge is -2.37. The molecule has 0 spiro atoms. The number of ether oxygens (including phenoxy) is 1. The quantitative estimate of drug-likeness (QED) is 0.710. The highest BCUT2D eigenvalue weighted by molar-refractivity contribution is 7.89. The van der Waals surface area contributed by atoms with E-state index in [1.165, 1.54) is 12.1 Å². The number of carbonyl (C=O) groups excluding carboxylic acids is 2. The fourth-order valence-electron chi connectivity index (χ4n) is 3.68. The fourth-order valence-corrected chi connectivity index (χ4v) is 5.10. The normalized spacial score (nSPS) is 21.1. The molecule has 1 unspecified atom stereocenters. The smallest absolute Gasteiger partial charge is 0.251 e. The molecule has 1 aromatic rings. The summed E-state index contributed by atoms with van der Waals surface area (Å²) in [6, 6.07) is 4.01. The van der Waals surface area contributed by atoms with Crippen LogP contribution in [-0.4, -0.2) is 75.0 Å². The lowest BCUT2D eigenvalue weighted by atomic mass is 10.0. The van der Waals surface area contributed by atoms with Crippen LogP contribution in [0, 0.1) is 11.7 Å². The van der Waals surface area contributed by atoms with Gasteiger partial charge in [0, 0.05) is 32.8 Å². The number of halogens is 1. The number of carbonyl (C=O) groups is 2. The van der Waals surface area contributed by atoms with Gasteiger partial charge in [0.1, 0.15) is 22.9 Å². The van der Waals surface area contributed by atoms with Crippen molar-refractivity contribution in [3.8, 4) is 0 Å². The van der Waals surface area contributed by atoms with Gasteiger partial charge >= 0.3 is 0 Å². The van der Waals surface area contributed by atoms with E-state index in [0.29, 0.717) is 39.2 Å². The van der Waals surface area contributed by atoms with Crippen molar-refractivity contribution in [2.24, 2.45) is 5.92 Å². The van der Waals surface area contributed by atoms with Crippen LogP contribution in [0.15, 0.2) is 29.2 Å². The number of hydrogen-bond acceptors (Lipinski definition) is 5. The molecule has 0 bridgehead atoms. The molecule has 2 aliphatic heterocycles. The van der Waals surface area contributed by atoms with Gasteiger partial charge in [0.15, 0.2) is 0 Å². The number of nitrogens with one attached hydrogen (secondary N) is 1. The second kappa shape index (κ2) is 9.40. The minimum absolute atomic E-state index is 0.0553. The minimum atomic E-state index is -4.21. The number of sulfonamides is 1. The molecule has 0 aliphatic carbocycles. The summed E-state index contributed by atoms with van der Waals surface area (Å²) in [5.41, 5.74) is 0. The third-order valence-corrected chi connectivity index (χ3v) is 6.92. The zero-order valence-corrected chi connectivity index (χ0v) is 18.0. The lowest BCUT2D eigenvalue weighted by molar-refractivity contribution is -0.146. The van der Waals surface area contributed by atoms with Crippen LogP contribution in [0.3, 0.4) is 0 Å². The summed E-state index contributed by atoms with van der Waals surface area (Å²) in [5, 5.41) is 0. The summed E-state index contributed by atoms with van der Waals surface area (Å²) >= 11 is 0. The van der Waals surface area contributed by atoms with Crippen LogP contribution in [0.2, 0.25) is 0 Å². The van der Waals surface area contributed by atoms with E-state index in [4.69, 9.17) is 4.74 Å². The molecule has 166 valence electrons. The number of hydrogen-bond donors (Lipinski definition) is 1. The first kappa shape index (κ1) is 22.6. The molecule has 1 aromatic carbocycles. The molecule has 2 aliphatic rings. The molecule has 30 heavy (non-hydrogen) atoms. The van der Waals surface area contributed by atoms with Gasteiger partial charge < -0.3 is 14.5 Å². The van der Waals surface area contributed by atoms with Gasteiger partial charge in [-0.25, -0.2) is 12.8 Å². The van der Waals surface area contributed by atoms with Crippen LogP contribution < -0.4 is 4.72 Å². The van der Waals surface area contributed by atoms with E-state index in [-0.39, 0.29) is 17.7 Å². The molecule has 0 radical (unpaired) electrons. The molecule has 2 saturated heterocycles. The highest BCUT2D eigenvalue weighted by Gasteiger charge is 2.36. The molecule has 2 fully saturated rings. The molecule has 10 heteroatoms. The fraction of sp³-hybridized carbons (Fsp3) is 0.600. The van der Waals surface area contributed by atoms with E-state index in [1.807, 2.05) is 0 Å². The molecule has 2 heterocycles. The zero-order valence-electron chi connectivity index (χ0n) is 17.2. The van der Waals surface area contributed by atoms with Gasteiger partial charge in [0.2, 0.25) is 15.9 Å². The standard InChI is InChI=1S/C20H28FN3O5S/c1-14(2)18(22-30(27,28)17-8-4-3-6-15(17)21)20(26)24-11-9-23(10-12-24)19(25)16-7-5-13-29-16/h3-4,6,8,14,16,18,22H,5,7,9-13H2,1-2H3/t16?,18-/m0/s1. The predicted octanol–water partition coefficient (Wildman–Crippen LogP) is 0.978. The summed E-state index contributed by atoms with van der Waals surface area (Å²) in [6.07, 6.45) is 1.18. The number of nitrogens with zero attached hydrogens (tertiary/aromatic N) is 2. The number of benzene rings is 1. The number of rotatable bonds is 6. The van der Waals surface area contributed by atoms with Crippen molar-refractivity contribution >= 4 is 21.8 Å². The van der Waals surface area contributed by atoms with E-state index in [9.17, 15) is 22.4 Å². The van der Waals surface area contributed by atoms with Crippen LogP contribution >= 0.6 is 0 Å². The van der Waals surface area contributed by atoms with Crippen molar-refractivity contribution in [1.82, 2.24) is 14.5 Å². The van der Waals surface area contributed by atoms with Crippen molar-refractivity contribution in [3.05, 3.63) is 30.1 Å². The van der Waals surface area contributed by atoms with Crippen molar-refractivity contribution in [3.63, 3.8) is 0 Å². The largest absolute Gasteiger partial charge is 0.368 e. The Labute approximate surface area is 176 Å². The Morgan fingerprint density at radius 2 is 1.77 bits per heavy atom. The molecule has 0 saturated carbocycles. The molecule has 8 nitrogen and oxygen atoms in total. The average molecular weight is 442 g/mol. The van der Waals surface area contributed by atoms with Crippen LogP contribution in [-0.2, 0) is 24.3 Å². The number of amides is 2. The van der Waals surface area contributed by atoms with Crippen molar-refractivity contribution in [2.75, 3.05) is 32.8 Å². The summed E-state index contributed by atoms with van der Waals surface area (Å²) in [6.45, 7) is 5.40.